The molecule has 0 aromatic heterocycles. The van der Waals surface area contributed by atoms with E-state index in [4.69, 9.17) is 27.9 Å². The lowest BCUT2D eigenvalue weighted by atomic mass is 9.93. The van der Waals surface area contributed by atoms with Gasteiger partial charge in [-0.3, -0.25) is 0 Å². The summed E-state index contributed by atoms with van der Waals surface area (Å²) in [5.74, 6) is 0. The fourth-order valence-corrected chi connectivity index (χ4v) is 3.04. The molecule has 1 fully saturated rings. The minimum absolute atomic E-state index is 0.117. The number of ether oxygens (including phenoxy) is 1. The van der Waals surface area contributed by atoms with E-state index in [1.165, 1.54) is 0 Å². The molecule has 1 aliphatic heterocycles. The molecule has 2 N–H and O–H groups in total. The molecule has 5 heteroatoms. The van der Waals surface area contributed by atoms with Crippen molar-refractivity contribution in [3.05, 3.63) is 33.8 Å². The fourth-order valence-electron chi connectivity index (χ4n) is 2.50. The minimum Gasteiger partial charge on any atom is -0.388 e. The maximum absolute atomic E-state index is 10.5. The Morgan fingerprint density at radius 2 is 2.05 bits per heavy atom. The van der Waals surface area contributed by atoms with Gasteiger partial charge >= 0.3 is 0 Å². The van der Waals surface area contributed by atoms with Crippen LogP contribution in [0.4, 0.5) is 0 Å². The molecule has 2 rings (SSSR count). The number of rotatable bonds is 5. The molecule has 1 unspecified atom stereocenters. The molecule has 1 aromatic rings. The van der Waals surface area contributed by atoms with Crippen LogP contribution in [0.25, 0.3) is 0 Å². The van der Waals surface area contributed by atoms with Crippen LogP contribution in [-0.2, 0) is 4.74 Å². The highest BCUT2D eigenvalue weighted by Gasteiger charge is 2.30. The van der Waals surface area contributed by atoms with Gasteiger partial charge in [-0.15, -0.1) is 0 Å². The van der Waals surface area contributed by atoms with Gasteiger partial charge in [0.15, 0.2) is 0 Å². The molecule has 1 aromatic carbocycles. The maximum atomic E-state index is 10.5. The lowest BCUT2D eigenvalue weighted by Gasteiger charge is -2.34. The van der Waals surface area contributed by atoms with Crippen molar-refractivity contribution in [2.45, 2.75) is 37.8 Å². The Labute approximate surface area is 130 Å². The van der Waals surface area contributed by atoms with Gasteiger partial charge in [0.25, 0.3) is 0 Å². The van der Waals surface area contributed by atoms with E-state index in [1.54, 1.807) is 6.07 Å². The van der Waals surface area contributed by atoms with Crippen molar-refractivity contribution >= 4 is 23.2 Å². The molecule has 3 nitrogen and oxygen atoms in total. The van der Waals surface area contributed by atoms with Gasteiger partial charge in [-0.2, -0.15) is 0 Å². The van der Waals surface area contributed by atoms with Crippen LogP contribution in [0, 0.1) is 0 Å². The fraction of sp³-hybridized carbons (Fsp3) is 0.600. The van der Waals surface area contributed by atoms with Gasteiger partial charge < -0.3 is 15.2 Å². The highest BCUT2D eigenvalue weighted by Crippen LogP contribution is 2.29. The van der Waals surface area contributed by atoms with Crippen LogP contribution >= 0.6 is 23.2 Å². The van der Waals surface area contributed by atoms with Gasteiger partial charge in [-0.05, 0) is 24.1 Å². The highest BCUT2D eigenvalue weighted by molar-refractivity contribution is 6.35. The molecule has 1 atom stereocenters. The van der Waals surface area contributed by atoms with E-state index in [2.05, 4.69) is 12.2 Å². The number of hydrogen-bond acceptors (Lipinski definition) is 3. The van der Waals surface area contributed by atoms with Crippen molar-refractivity contribution < 1.29 is 9.84 Å². The Morgan fingerprint density at radius 3 is 2.65 bits per heavy atom. The molecule has 1 heterocycles. The van der Waals surface area contributed by atoms with Crippen molar-refractivity contribution in [1.29, 1.82) is 0 Å². The minimum atomic E-state index is -0.676. The number of halogens is 2. The third kappa shape index (κ3) is 4.09. The predicted molar refractivity (Wildman–Crippen MR) is 82.5 cm³/mol. The topological polar surface area (TPSA) is 41.5 Å². The molecule has 0 aliphatic carbocycles. The highest BCUT2D eigenvalue weighted by atomic mass is 35.5. The Morgan fingerprint density at radius 1 is 1.35 bits per heavy atom. The first kappa shape index (κ1) is 16.1. The summed E-state index contributed by atoms with van der Waals surface area (Å²) in [5.41, 5.74) is 0.346. The van der Waals surface area contributed by atoms with Crippen molar-refractivity contribution in [1.82, 2.24) is 5.32 Å². The zero-order chi connectivity index (χ0) is 14.6. The third-order valence-electron chi connectivity index (χ3n) is 3.85. The molecule has 112 valence electrons. The third-order valence-corrected chi connectivity index (χ3v) is 4.41. The van der Waals surface area contributed by atoms with E-state index >= 15 is 0 Å². The van der Waals surface area contributed by atoms with Gasteiger partial charge in [-0.1, -0.05) is 36.2 Å². The van der Waals surface area contributed by atoms with Crippen LogP contribution in [0.15, 0.2) is 18.2 Å². The molecule has 1 saturated heterocycles. The normalized spacial score (nSPS) is 19.8. The summed E-state index contributed by atoms with van der Waals surface area (Å²) in [4.78, 5) is 0. The second-order valence-electron chi connectivity index (χ2n) is 5.34. The molecule has 0 radical (unpaired) electrons. The van der Waals surface area contributed by atoms with E-state index in [0.29, 0.717) is 42.6 Å². The summed E-state index contributed by atoms with van der Waals surface area (Å²) < 4.78 is 5.29. The van der Waals surface area contributed by atoms with Crippen molar-refractivity contribution in [3.63, 3.8) is 0 Å². The molecule has 20 heavy (non-hydrogen) atoms. The lowest BCUT2D eigenvalue weighted by molar-refractivity contribution is -0.0628. The van der Waals surface area contributed by atoms with E-state index in [1.807, 2.05) is 12.1 Å². The van der Waals surface area contributed by atoms with E-state index in [-0.39, 0.29) is 6.04 Å². The number of nitrogens with one attached hydrogen (secondary N) is 1. The number of hydrogen-bond donors (Lipinski definition) is 2. The molecule has 0 saturated carbocycles. The zero-order valence-corrected chi connectivity index (χ0v) is 13.2. The number of aliphatic hydroxyl groups is 1. The van der Waals surface area contributed by atoms with Crippen LogP contribution < -0.4 is 5.32 Å². The van der Waals surface area contributed by atoms with Gasteiger partial charge in [-0.25, -0.2) is 0 Å². The van der Waals surface area contributed by atoms with Crippen molar-refractivity contribution in [2.75, 3.05) is 19.8 Å². The zero-order valence-electron chi connectivity index (χ0n) is 11.7. The monoisotopic (exact) mass is 317 g/mol. The largest absolute Gasteiger partial charge is 0.388 e. The summed E-state index contributed by atoms with van der Waals surface area (Å²) in [6, 6.07) is 5.66. The van der Waals surface area contributed by atoms with Crippen LogP contribution in [0.1, 0.15) is 37.8 Å². The summed E-state index contributed by atoms with van der Waals surface area (Å²) >= 11 is 12.2. The van der Waals surface area contributed by atoms with E-state index in [0.717, 1.165) is 12.0 Å². The van der Waals surface area contributed by atoms with Gasteiger partial charge in [0, 0.05) is 48.7 Å². The first-order valence-electron chi connectivity index (χ1n) is 7.02. The second kappa shape index (κ2) is 7.10. The second-order valence-corrected chi connectivity index (χ2v) is 6.19. The average molecular weight is 318 g/mol. The first-order valence-corrected chi connectivity index (χ1v) is 7.78. The smallest absolute Gasteiger partial charge is 0.0815 e. The van der Waals surface area contributed by atoms with Crippen LogP contribution in [0.3, 0.4) is 0 Å². The van der Waals surface area contributed by atoms with Gasteiger partial charge in [0.1, 0.15) is 0 Å². The molecule has 0 amide bonds. The summed E-state index contributed by atoms with van der Waals surface area (Å²) in [7, 11) is 0. The van der Waals surface area contributed by atoms with E-state index in [9.17, 15) is 5.11 Å². The molecule has 1 aliphatic rings. The first-order chi connectivity index (χ1) is 9.54. The van der Waals surface area contributed by atoms with Gasteiger partial charge in [0.2, 0.25) is 0 Å². The maximum Gasteiger partial charge on any atom is 0.0815 e. The SMILES string of the molecule is CCC(NCC1(O)CCOCC1)c1ccc(Cl)cc1Cl. The summed E-state index contributed by atoms with van der Waals surface area (Å²) in [5, 5.41) is 15.2. The Hall–Kier alpha value is -0.320. The molecule has 0 bridgehead atoms. The predicted octanol–water partition coefficient (Wildman–Crippen LogP) is 3.58. The quantitative estimate of drug-likeness (QED) is 0.872. The summed E-state index contributed by atoms with van der Waals surface area (Å²) in [6.07, 6.45) is 2.24. The molecular weight excluding hydrogens is 297 g/mol. The summed E-state index contributed by atoms with van der Waals surface area (Å²) in [6.45, 7) is 3.89. The van der Waals surface area contributed by atoms with Crippen LogP contribution in [0.2, 0.25) is 10.0 Å². The van der Waals surface area contributed by atoms with E-state index < -0.39 is 5.60 Å². The number of benzene rings is 1. The standard InChI is InChI=1S/C15H21Cl2NO2/c1-2-14(12-4-3-11(16)9-13(12)17)18-10-15(19)5-7-20-8-6-15/h3-4,9,14,18-19H,2,5-8,10H2,1H3. The van der Waals surface area contributed by atoms with Crippen molar-refractivity contribution in [2.24, 2.45) is 0 Å². The van der Waals surface area contributed by atoms with Crippen LogP contribution in [0.5, 0.6) is 0 Å². The molecular formula is C15H21Cl2NO2. The Bertz CT molecular complexity index is 447. The molecule has 0 spiro atoms. The lowest BCUT2D eigenvalue weighted by Crippen LogP contribution is -2.45. The Balaban J connectivity index is 2.01. The van der Waals surface area contributed by atoms with Crippen molar-refractivity contribution in [3.8, 4) is 0 Å². The Kier molecular flexibility index (Phi) is 5.70. The van der Waals surface area contributed by atoms with Crippen LogP contribution in [-0.4, -0.2) is 30.5 Å². The average Bonchev–Trinajstić information content (AvgIpc) is 2.42. The van der Waals surface area contributed by atoms with Gasteiger partial charge in [0.05, 0.1) is 5.60 Å².